The third kappa shape index (κ3) is 18.2. The van der Waals surface area contributed by atoms with Crippen molar-refractivity contribution in [1.29, 1.82) is 0 Å². The van der Waals surface area contributed by atoms with Crippen LogP contribution < -0.4 is 28.7 Å². The quantitative estimate of drug-likeness (QED) is 0.205. The van der Waals surface area contributed by atoms with Gasteiger partial charge in [-0.05, 0) is 48.0 Å². The van der Waals surface area contributed by atoms with E-state index >= 15 is 0 Å². The van der Waals surface area contributed by atoms with Gasteiger partial charge in [-0.1, -0.05) is 83.1 Å². The zero-order valence-electron chi connectivity index (χ0n) is 35.4. The minimum atomic E-state index is -0.544. The molecule has 0 aromatic rings. The Labute approximate surface area is 320 Å². The van der Waals surface area contributed by atoms with Crippen LogP contribution in [-0.4, -0.2) is 149 Å². The summed E-state index contributed by atoms with van der Waals surface area (Å²) in [5, 5.41) is 18.6. The summed E-state index contributed by atoms with van der Waals surface area (Å²) in [5.74, 6) is -0.387. The minimum Gasteiger partial charge on any atom is -0.393 e. The van der Waals surface area contributed by atoms with Crippen LogP contribution in [0.25, 0.3) is 0 Å². The molecule has 0 bridgehead atoms. The Hall–Kier alpha value is -2.40. The van der Waals surface area contributed by atoms with Gasteiger partial charge in [-0.25, -0.2) is 0 Å². The Morgan fingerprint density at radius 3 is 1.04 bits per heavy atom. The summed E-state index contributed by atoms with van der Waals surface area (Å²) in [6, 6.07) is -1.86. The van der Waals surface area contributed by atoms with Crippen molar-refractivity contribution in [3.8, 4) is 0 Å². The van der Waals surface area contributed by atoms with E-state index in [1.165, 1.54) is 0 Å². The van der Waals surface area contributed by atoms with Gasteiger partial charge in [-0.3, -0.25) is 19.2 Å². The SMILES string of the molecule is CC(C)(C)[C@H](N)C(=O)N1CCC(O)CC1.CC(C)(C)[C@H](N)C(=O)N1CC[C@H](O)C1.CC(C)(C)[C@H](N)C(N)=O.CN1CCN(C(=O)[C@@H](N)C(C)(C)C)CC1. The number of amides is 4. The second-order valence-electron chi connectivity index (χ2n) is 19.2. The van der Waals surface area contributed by atoms with Crippen LogP contribution in [0.4, 0.5) is 0 Å². The van der Waals surface area contributed by atoms with Crippen molar-refractivity contribution >= 4 is 23.6 Å². The molecule has 4 amide bonds. The van der Waals surface area contributed by atoms with Crippen molar-refractivity contribution in [3.63, 3.8) is 0 Å². The van der Waals surface area contributed by atoms with Gasteiger partial charge in [0.05, 0.1) is 36.4 Å². The number of piperidine rings is 1. The van der Waals surface area contributed by atoms with E-state index in [0.29, 0.717) is 45.4 Å². The molecule has 3 aliphatic heterocycles. The highest BCUT2D eigenvalue weighted by atomic mass is 16.3. The summed E-state index contributed by atoms with van der Waals surface area (Å²) in [7, 11) is 2.07. The van der Waals surface area contributed by atoms with Crippen LogP contribution in [-0.2, 0) is 19.2 Å². The predicted octanol–water partition coefficient (Wildman–Crippen LogP) is 0.275. The summed E-state index contributed by atoms with van der Waals surface area (Å²) < 4.78 is 0. The van der Waals surface area contributed by atoms with Crippen molar-refractivity contribution in [3.05, 3.63) is 0 Å². The number of aliphatic hydroxyl groups excluding tert-OH is 2. The molecule has 0 unspecified atom stereocenters. The summed E-state index contributed by atoms with van der Waals surface area (Å²) >= 11 is 0. The average molecular weight is 758 g/mol. The number of carbonyl (C=O) groups excluding carboxylic acids is 4. The second-order valence-corrected chi connectivity index (χ2v) is 19.2. The summed E-state index contributed by atoms with van der Waals surface area (Å²) in [6.07, 6.45) is 1.39. The molecule has 0 aromatic carbocycles. The number of β-amino-alcohol motifs (C(OH)–C–C–N with tert-alkyl or cyclic N) is 1. The molecule has 312 valence electrons. The van der Waals surface area contributed by atoms with Gasteiger partial charge in [0.15, 0.2) is 0 Å². The predicted molar refractivity (Wildman–Crippen MR) is 212 cm³/mol. The van der Waals surface area contributed by atoms with Crippen molar-refractivity contribution in [2.75, 3.05) is 59.4 Å². The number of primary amides is 1. The molecule has 3 saturated heterocycles. The molecule has 0 spiro atoms. The molecule has 3 heterocycles. The van der Waals surface area contributed by atoms with Crippen molar-refractivity contribution in [2.45, 2.75) is 139 Å². The topological polar surface area (TPSA) is 252 Å². The van der Waals surface area contributed by atoms with Gasteiger partial charge in [-0.15, -0.1) is 0 Å². The van der Waals surface area contributed by atoms with Crippen LogP contribution in [0.3, 0.4) is 0 Å². The standard InChI is InChI=1S/C11H23N3O.C11H22N2O2.C10H20N2O2.C6H14N2O/c1-11(2,3)9(12)10(15)14-7-5-13(4)6-8-14;1-11(2,3)9(12)10(15)13-6-4-8(14)5-7-13;1-10(2,3)8(11)9(14)12-5-4-7(13)6-12;1-6(2,3)4(7)5(8)9/h9H,5-8,12H2,1-4H3;8-9,14H,4-7,12H2,1-3H3;7-8,13H,4-6,11H2,1-3H3;4H,7H2,1-3H3,(H2,8,9)/t2*9-;7-,8+;4-/m1101/s1. The molecule has 0 aromatic heterocycles. The summed E-state index contributed by atoms with van der Waals surface area (Å²) in [6.45, 7) is 29.2. The summed E-state index contributed by atoms with van der Waals surface area (Å²) in [4.78, 5) is 53.8. The smallest absolute Gasteiger partial charge is 0.240 e. The first kappa shape index (κ1) is 50.6. The highest BCUT2D eigenvalue weighted by Gasteiger charge is 2.35. The number of hydrogen-bond acceptors (Lipinski definition) is 11. The molecule has 15 nitrogen and oxygen atoms in total. The molecule has 0 saturated carbocycles. The van der Waals surface area contributed by atoms with E-state index in [1.807, 2.05) is 88.0 Å². The first-order chi connectivity index (χ1) is 23.8. The van der Waals surface area contributed by atoms with Crippen LogP contribution in [0.15, 0.2) is 0 Å². The van der Waals surface area contributed by atoms with Gasteiger partial charge in [0, 0.05) is 52.4 Å². The van der Waals surface area contributed by atoms with E-state index in [2.05, 4.69) is 11.9 Å². The zero-order valence-corrected chi connectivity index (χ0v) is 35.4. The first-order valence-corrected chi connectivity index (χ1v) is 19.0. The fourth-order valence-corrected chi connectivity index (χ4v) is 5.18. The number of nitrogens with two attached hydrogens (primary N) is 5. The van der Waals surface area contributed by atoms with E-state index in [-0.39, 0.29) is 57.6 Å². The Morgan fingerprint density at radius 1 is 0.491 bits per heavy atom. The number of aliphatic hydroxyl groups is 2. The second kappa shape index (κ2) is 21.1. The maximum Gasteiger partial charge on any atom is 0.240 e. The molecule has 15 heteroatoms. The van der Waals surface area contributed by atoms with E-state index < -0.39 is 24.0 Å². The number of nitrogens with zero attached hydrogens (tertiary/aromatic N) is 4. The molecule has 3 rings (SSSR count). The van der Waals surface area contributed by atoms with Crippen LogP contribution in [0, 0.1) is 21.7 Å². The lowest BCUT2D eigenvalue weighted by Gasteiger charge is -2.36. The fourth-order valence-electron chi connectivity index (χ4n) is 5.18. The van der Waals surface area contributed by atoms with E-state index in [0.717, 1.165) is 26.2 Å². The van der Waals surface area contributed by atoms with Gasteiger partial charge in [0.25, 0.3) is 0 Å². The molecule has 53 heavy (non-hydrogen) atoms. The van der Waals surface area contributed by atoms with Gasteiger partial charge in [-0.2, -0.15) is 0 Å². The van der Waals surface area contributed by atoms with E-state index in [9.17, 15) is 29.4 Å². The van der Waals surface area contributed by atoms with Gasteiger partial charge < -0.3 is 58.5 Å². The number of rotatable bonds is 4. The number of hydrogen-bond donors (Lipinski definition) is 7. The maximum absolute atomic E-state index is 12.0. The van der Waals surface area contributed by atoms with Crippen LogP contribution in [0.2, 0.25) is 0 Å². The zero-order chi connectivity index (χ0) is 41.9. The van der Waals surface area contributed by atoms with Crippen molar-refractivity contribution < 1.29 is 29.4 Å². The third-order valence-electron chi connectivity index (χ3n) is 9.90. The van der Waals surface area contributed by atoms with Crippen molar-refractivity contribution in [2.24, 2.45) is 50.3 Å². The number of carbonyl (C=O) groups is 4. The van der Waals surface area contributed by atoms with Crippen LogP contribution >= 0.6 is 0 Å². The minimum absolute atomic E-state index is 0.00870. The molecule has 0 radical (unpaired) electrons. The molecule has 5 atom stereocenters. The first-order valence-electron chi connectivity index (χ1n) is 19.0. The van der Waals surface area contributed by atoms with Gasteiger partial charge >= 0.3 is 0 Å². The number of likely N-dealkylation sites (N-methyl/N-ethyl adjacent to an activating group) is 1. The van der Waals surface area contributed by atoms with Crippen molar-refractivity contribution in [1.82, 2.24) is 19.6 Å². The molecule has 12 N–H and O–H groups in total. The van der Waals surface area contributed by atoms with Crippen LogP contribution in [0.5, 0.6) is 0 Å². The molecule has 3 aliphatic rings. The Kier molecular flexibility index (Phi) is 20.1. The Balaban J connectivity index is 0.000000692. The molecule has 3 fully saturated rings. The Bertz CT molecular complexity index is 1090. The lowest BCUT2D eigenvalue weighted by Crippen LogP contribution is -2.55. The van der Waals surface area contributed by atoms with Crippen LogP contribution in [0.1, 0.15) is 102 Å². The Morgan fingerprint density at radius 2 is 0.774 bits per heavy atom. The van der Waals surface area contributed by atoms with E-state index in [1.54, 1.807) is 9.80 Å². The lowest BCUT2D eigenvalue weighted by atomic mass is 9.86. The maximum atomic E-state index is 12.0. The number of likely N-dealkylation sites (tertiary alicyclic amines) is 2. The third-order valence-corrected chi connectivity index (χ3v) is 9.90. The summed E-state index contributed by atoms with van der Waals surface area (Å²) in [5.41, 5.74) is 27.3. The lowest BCUT2D eigenvalue weighted by molar-refractivity contribution is -0.137. The number of piperazine rings is 1. The van der Waals surface area contributed by atoms with E-state index in [4.69, 9.17) is 28.7 Å². The largest absolute Gasteiger partial charge is 0.393 e. The van der Waals surface area contributed by atoms with Gasteiger partial charge in [0.2, 0.25) is 23.6 Å². The highest BCUT2D eigenvalue weighted by Crippen LogP contribution is 2.23. The highest BCUT2D eigenvalue weighted by molar-refractivity contribution is 5.83. The normalized spacial score (nSPS) is 21.4. The monoisotopic (exact) mass is 758 g/mol. The molecular formula is C38H79N9O6. The average Bonchev–Trinajstić information content (AvgIpc) is 3.48. The fraction of sp³-hybridized carbons (Fsp3) is 0.895. The molecule has 0 aliphatic carbocycles. The molecular weight excluding hydrogens is 678 g/mol. The van der Waals surface area contributed by atoms with Gasteiger partial charge in [0.1, 0.15) is 0 Å².